The Kier molecular flexibility index (Phi) is 9.74. The van der Waals surface area contributed by atoms with Crippen LogP contribution < -0.4 is 10.1 Å². The number of hydrogen-bond acceptors (Lipinski definition) is 3. The number of amides is 2. The second-order valence-corrected chi connectivity index (χ2v) is 9.12. The van der Waals surface area contributed by atoms with Crippen molar-refractivity contribution in [2.75, 3.05) is 13.2 Å². The van der Waals surface area contributed by atoms with Gasteiger partial charge in [0.05, 0.1) is 0 Å². The molecule has 0 aromatic heterocycles. The highest BCUT2D eigenvalue weighted by molar-refractivity contribution is 6.30. The van der Waals surface area contributed by atoms with Gasteiger partial charge >= 0.3 is 0 Å². The number of ether oxygens (including phenoxy) is 1. The first-order valence-electron chi connectivity index (χ1n) is 11.9. The Morgan fingerprint density at radius 1 is 0.943 bits per heavy atom. The molecule has 0 saturated carbocycles. The predicted octanol–water partition coefficient (Wildman–Crippen LogP) is 5.50. The van der Waals surface area contributed by atoms with Gasteiger partial charge in [0.1, 0.15) is 11.8 Å². The molecule has 0 saturated heterocycles. The molecule has 0 bridgehead atoms. The highest BCUT2D eigenvalue weighted by atomic mass is 35.5. The van der Waals surface area contributed by atoms with Crippen LogP contribution in [-0.2, 0) is 22.6 Å². The van der Waals surface area contributed by atoms with Gasteiger partial charge in [-0.25, -0.2) is 0 Å². The van der Waals surface area contributed by atoms with E-state index >= 15 is 0 Å². The lowest BCUT2D eigenvalue weighted by molar-refractivity contribution is -0.142. The van der Waals surface area contributed by atoms with E-state index in [0.717, 1.165) is 28.7 Å². The van der Waals surface area contributed by atoms with E-state index in [9.17, 15) is 9.59 Å². The van der Waals surface area contributed by atoms with E-state index in [2.05, 4.69) is 5.32 Å². The van der Waals surface area contributed by atoms with Gasteiger partial charge in [-0.1, -0.05) is 67.1 Å². The van der Waals surface area contributed by atoms with E-state index in [-0.39, 0.29) is 25.0 Å². The molecule has 0 aliphatic heterocycles. The third kappa shape index (κ3) is 7.86. The lowest BCUT2D eigenvalue weighted by atomic mass is 10.0. The van der Waals surface area contributed by atoms with E-state index in [1.165, 1.54) is 0 Å². The maximum atomic E-state index is 13.6. The number of aryl methyl sites for hydroxylation is 2. The molecule has 0 radical (unpaired) electrons. The molecule has 35 heavy (non-hydrogen) atoms. The van der Waals surface area contributed by atoms with Crippen LogP contribution in [-0.4, -0.2) is 35.9 Å². The van der Waals surface area contributed by atoms with E-state index < -0.39 is 6.04 Å². The Morgan fingerprint density at radius 3 is 2.37 bits per heavy atom. The van der Waals surface area contributed by atoms with Gasteiger partial charge < -0.3 is 15.0 Å². The summed E-state index contributed by atoms with van der Waals surface area (Å²) in [5, 5.41) is 3.55. The van der Waals surface area contributed by atoms with Crippen LogP contribution in [0.15, 0.2) is 72.8 Å². The summed E-state index contributed by atoms with van der Waals surface area (Å²) >= 11 is 6.21. The largest absolute Gasteiger partial charge is 0.484 e. The van der Waals surface area contributed by atoms with Gasteiger partial charge in [0.2, 0.25) is 5.91 Å². The fourth-order valence-corrected chi connectivity index (χ4v) is 4.00. The molecule has 184 valence electrons. The number of hydrogen-bond donors (Lipinski definition) is 1. The maximum Gasteiger partial charge on any atom is 0.261 e. The topological polar surface area (TPSA) is 58.6 Å². The quantitative estimate of drug-likeness (QED) is 0.384. The molecule has 5 nitrogen and oxygen atoms in total. The van der Waals surface area contributed by atoms with Gasteiger partial charge in [-0.05, 0) is 66.8 Å². The van der Waals surface area contributed by atoms with Crippen molar-refractivity contribution < 1.29 is 14.3 Å². The summed E-state index contributed by atoms with van der Waals surface area (Å²) in [7, 11) is 0. The van der Waals surface area contributed by atoms with Crippen LogP contribution in [0.4, 0.5) is 0 Å². The van der Waals surface area contributed by atoms with Crippen molar-refractivity contribution in [2.45, 2.75) is 46.2 Å². The zero-order valence-corrected chi connectivity index (χ0v) is 21.3. The monoisotopic (exact) mass is 492 g/mol. The van der Waals surface area contributed by atoms with Gasteiger partial charge in [0.25, 0.3) is 5.91 Å². The zero-order chi connectivity index (χ0) is 25.2. The molecule has 0 aliphatic carbocycles. The fourth-order valence-electron chi connectivity index (χ4n) is 3.78. The van der Waals surface area contributed by atoms with Crippen molar-refractivity contribution in [2.24, 2.45) is 0 Å². The summed E-state index contributed by atoms with van der Waals surface area (Å²) in [5.74, 6) is 0.173. The Bertz CT molecular complexity index is 1130. The SMILES string of the molecule is CCCNC(=O)[C@H](Cc1ccccc1)N(Cc1cccc(Cl)c1)C(=O)COc1ccc(C)c(C)c1. The average Bonchev–Trinajstić information content (AvgIpc) is 2.86. The zero-order valence-electron chi connectivity index (χ0n) is 20.6. The molecule has 0 unspecified atom stereocenters. The van der Waals surface area contributed by atoms with E-state index in [4.69, 9.17) is 16.3 Å². The highest BCUT2D eigenvalue weighted by Crippen LogP contribution is 2.19. The van der Waals surface area contributed by atoms with E-state index in [0.29, 0.717) is 23.7 Å². The van der Waals surface area contributed by atoms with Crippen LogP contribution in [0.5, 0.6) is 5.75 Å². The van der Waals surface area contributed by atoms with Crippen LogP contribution in [0.1, 0.15) is 35.6 Å². The van der Waals surface area contributed by atoms with Crippen molar-refractivity contribution >= 4 is 23.4 Å². The first-order chi connectivity index (χ1) is 16.9. The van der Waals surface area contributed by atoms with Gasteiger partial charge in [-0.2, -0.15) is 0 Å². The molecule has 0 fully saturated rings. The van der Waals surface area contributed by atoms with E-state index in [1.54, 1.807) is 11.0 Å². The molecule has 0 heterocycles. The smallest absolute Gasteiger partial charge is 0.261 e. The highest BCUT2D eigenvalue weighted by Gasteiger charge is 2.30. The molecule has 1 atom stereocenters. The van der Waals surface area contributed by atoms with Crippen molar-refractivity contribution in [3.05, 3.63) is 100 Å². The van der Waals surface area contributed by atoms with Gasteiger partial charge in [0, 0.05) is 24.5 Å². The summed E-state index contributed by atoms with van der Waals surface area (Å²) < 4.78 is 5.86. The Morgan fingerprint density at radius 2 is 1.69 bits per heavy atom. The Balaban J connectivity index is 1.89. The summed E-state index contributed by atoms with van der Waals surface area (Å²) in [5.41, 5.74) is 4.06. The minimum atomic E-state index is -0.696. The molecule has 3 aromatic carbocycles. The van der Waals surface area contributed by atoms with Crippen LogP contribution in [0.2, 0.25) is 5.02 Å². The number of carbonyl (C=O) groups excluding carboxylic acids is 2. The van der Waals surface area contributed by atoms with Crippen molar-refractivity contribution in [1.29, 1.82) is 0 Å². The number of carbonyl (C=O) groups is 2. The second-order valence-electron chi connectivity index (χ2n) is 8.68. The third-order valence-corrected chi connectivity index (χ3v) is 6.14. The molecule has 3 rings (SSSR count). The number of nitrogens with one attached hydrogen (secondary N) is 1. The average molecular weight is 493 g/mol. The lowest BCUT2D eigenvalue weighted by Gasteiger charge is -2.31. The Labute approximate surface area is 213 Å². The standard InChI is InChI=1S/C29H33ClN2O3/c1-4-15-31-29(34)27(18-23-9-6-5-7-10-23)32(19-24-11-8-12-25(30)17-24)28(33)20-35-26-14-13-21(2)22(3)16-26/h5-14,16-17,27H,4,15,18-20H2,1-3H3,(H,31,34)/t27-/m0/s1. The number of rotatable bonds is 11. The molecule has 2 amide bonds. The van der Waals surface area contributed by atoms with Crippen LogP contribution in [0, 0.1) is 13.8 Å². The summed E-state index contributed by atoms with van der Waals surface area (Å²) in [6, 6.07) is 22.1. The number of benzene rings is 3. The van der Waals surface area contributed by atoms with Gasteiger partial charge in [-0.3, -0.25) is 9.59 Å². The van der Waals surface area contributed by atoms with Crippen molar-refractivity contribution in [3.8, 4) is 5.75 Å². The van der Waals surface area contributed by atoms with Crippen molar-refractivity contribution in [3.63, 3.8) is 0 Å². The van der Waals surface area contributed by atoms with Crippen molar-refractivity contribution in [1.82, 2.24) is 10.2 Å². The van der Waals surface area contributed by atoms with Gasteiger partial charge in [0.15, 0.2) is 6.61 Å². The fraction of sp³-hybridized carbons (Fsp3) is 0.310. The normalized spacial score (nSPS) is 11.5. The first kappa shape index (κ1) is 26.3. The molecule has 1 N–H and O–H groups in total. The predicted molar refractivity (Wildman–Crippen MR) is 141 cm³/mol. The van der Waals surface area contributed by atoms with Gasteiger partial charge in [-0.15, -0.1) is 0 Å². The van der Waals surface area contributed by atoms with E-state index in [1.807, 2.05) is 87.5 Å². The second kappa shape index (κ2) is 13.0. The molecular formula is C29H33ClN2O3. The third-order valence-electron chi connectivity index (χ3n) is 5.90. The maximum absolute atomic E-state index is 13.6. The summed E-state index contributed by atoms with van der Waals surface area (Å²) in [4.78, 5) is 28.5. The Hall–Kier alpha value is -3.31. The number of nitrogens with zero attached hydrogens (tertiary/aromatic N) is 1. The minimum absolute atomic E-state index is 0.171. The van der Waals surface area contributed by atoms with Crippen LogP contribution in [0.25, 0.3) is 0 Å². The molecule has 0 aliphatic rings. The molecule has 3 aromatic rings. The summed E-state index contributed by atoms with van der Waals surface area (Å²) in [6.07, 6.45) is 1.20. The molecule has 0 spiro atoms. The summed E-state index contributed by atoms with van der Waals surface area (Å²) in [6.45, 7) is 6.65. The first-order valence-corrected chi connectivity index (χ1v) is 12.3. The minimum Gasteiger partial charge on any atom is -0.484 e. The molecular weight excluding hydrogens is 460 g/mol. The van der Waals surface area contributed by atoms with Crippen LogP contribution >= 0.6 is 11.6 Å². The molecule has 6 heteroatoms. The number of halogens is 1. The van der Waals surface area contributed by atoms with Crippen LogP contribution in [0.3, 0.4) is 0 Å². The lowest BCUT2D eigenvalue weighted by Crippen LogP contribution is -2.51.